The Balaban J connectivity index is 2.09. The summed E-state index contributed by atoms with van der Waals surface area (Å²) in [6.07, 6.45) is -1.14. The van der Waals surface area contributed by atoms with Crippen molar-refractivity contribution in [2.75, 3.05) is 19.8 Å². The maximum Gasteiger partial charge on any atom is 0.409 e. The van der Waals surface area contributed by atoms with E-state index in [9.17, 15) is 9.59 Å². The zero-order valence-corrected chi connectivity index (χ0v) is 11.8. The first kappa shape index (κ1) is 16.9. The molecule has 0 aliphatic rings. The molecule has 0 bridgehead atoms. The number of hydrogen-bond acceptors (Lipinski definition) is 5. The average Bonchev–Trinajstić information content (AvgIpc) is 2.45. The summed E-state index contributed by atoms with van der Waals surface area (Å²) in [6, 6.07) is 9.31. The average molecular weight is 297 g/mol. The van der Waals surface area contributed by atoms with Gasteiger partial charge in [0.15, 0.2) is 0 Å². The number of nitrogens with one attached hydrogen (secondary N) is 1. The second-order valence-electron chi connectivity index (χ2n) is 4.17. The van der Waals surface area contributed by atoms with Crippen molar-refractivity contribution in [1.29, 1.82) is 0 Å². The van der Waals surface area contributed by atoms with Gasteiger partial charge in [0.2, 0.25) is 0 Å². The molecule has 0 radical (unpaired) electrons. The molecule has 21 heavy (non-hydrogen) atoms. The van der Waals surface area contributed by atoms with Crippen LogP contribution in [0.2, 0.25) is 0 Å². The summed E-state index contributed by atoms with van der Waals surface area (Å²) in [5.74, 6) is -1.04. The van der Waals surface area contributed by atoms with Gasteiger partial charge in [-0.1, -0.05) is 30.3 Å². The first-order chi connectivity index (χ1) is 10.1. The van der Waals surface area contributed by atoms with Crippen LogP contribution in [0.3, 0.4) is 0 Å². The number of carbonyl (C=O) groups excluding carboxylic acids is 1. The summed E-state index contributed by atoms with van der Waals surface area (Å²) < 4.78 is 15.0. The zero-order valence-electron chi connectivity index (χ0n) is 11.8. The van der Waals surface area contributed by atoms with Crippen LogP contribution in [0.15, 0.2) is 30.3 Å². The Morgan fingerprint density at radius 3 is 2.62 bits per heavy atom. The van der Waals surface area contributed by atoms with Crippen LogP contribution < -0.4 is 5.32 Å². The molecule has 7 nitrogen and oxygen atoms in total. The summed E-state index contributed by atoms with van der Waals surface area (Å²) in [4.78, 5) is 21.7. The van der Waals surface area contributed by atoms with Crippen LogP contribution in [-0.4, -0.2) is 43.2 Å². The molecule has 116 valence electrons. The van der Waals surface area contributed by atoms with Gasteiger partial charge in [0, 0.05) is 0 Å². The van der Waals surface area contributed by atoms with E-state index in [0.29, 0.717) is 0 Å². The largest absolute Gasteiger partial charge is 0.480 e. The molecule has 1 unspecified atom stereocenters. The highest BCUT2D eigenvalue weighted by atomic mass is 16.6. The summed E-state index contributed by atoms with van der Waals surface area (Å²) in [5, 5.41) is 10.8. The Kier molecular flexibility index (Phi) is 7.85. The van der Waals surface area contributed by atoms with E-state index < -0.39 is 18.3 Å². The van der Waals surface area contributed by atoms with Gasteiger partial charge in [-0.15, -0.1) is 0 Å². The van der Waals surface area contributed by atoms with E-state index in [1.54, 1.807) is 6.92 Å². The standard InChI is InChI=1S/C14H19NO6/c1-11(20-8-7-19-10-13(16)17)15-14(18)21-9-12-5-3-2-4-6-12/h2-6,11H,7-10H2,1H3,(H,15,18)(H,16,17). The maximum absolute atomic E-state index is 11.5. The summed E-state index contributed by atoms with van der Waals surface area (Å²) in [5.41, 5.74) is 0.892. The van der Waals surface area contributed by atoms with E-state index in [1.807, 2.05) is 30.3 Å². The van der Waals surface area contributed by atoms with Gasteiger partial charge in [0.25, 0.3) is 0 Å². The highest BCUT2D eigenvalue weighted by Crippen LogP contribution is 2.00. The Labute approximate surface area is 122 Å². The van der Waals surface area contributed by atoms with Crippen molar-refractivity contribution in [3.63, 3.8) is 0 Å². The Hall–Kier alpha value is -2.12. The number of aliphatic carboxylic acids is 1. The minimum atomic E-state index is -1.04. The minimum absolute atomic E-state index is 0.136. The van der Waals surface area contributed by atoms with Crippen LogP contribution >= 0.6 is 0 Å². The highest BCUT2D eigenvalue weighted by Gasteiger charge is 2.08. The molecular weight excluding hydrogens is 278 g/mol. The van der Waals surface area contributed by atoms with Gasteiger partial charge < -0.3 is 19.3 Å². The fourth-order valence-electron chi connectivity index (χ4n) is 1.42. The number of amides is 1. The van der Waals surface area contributed by atoms with Crippen molar-refractivity contribution >= 4 is 12.1 Å². The van der Waals surface area contributed by atoms with Crippen LogP contribution in [0.1, 0.15) is 12.5 Å². The predicted molar refractivity (Wildman–Crippen MR) is 73.6 cm³/mol. The van der Waals surface area contributed by atoms with E-state index in [2.05, 4.69) is 5.32 Å². The molecule has 0 saturated carbocycles. The number of carboxylic acid groups (broad SMARTS) is 1. The fraction of sp³-hybridized carbons (Fsp3) is 0.429. The van der Waals surface area contributed by atoms with E-state index in [4.69, 9.17) is 19.3 Å². The van der Waals surface area contributed by atoms with Crippen LogP contribution in [0.4, 0.5) is 4.79 Å². The molecule has 1 amide bonds. The minimum Gasteiger partial charge on any atom is -0.480 e. The third-order valence-corrected chi connectivity index (χ3v) is 2.35. The SMILES string of the molecule is CC(NC(=O)OCc1ccccc1)OCCOCC(=O)O. The lowest BCUT2D eigenvalue weighted by molar-refractivity contribution is -0.142. The van der Waals surface area contributed by atoms with Gasteiger partial charge >= 0.3 is 12.1 Å². The second kappa shape index (κ2) is 9.73. The summed E-state index contributed by atoms with van der Waals surface area (Å²) >= 11 is 0. The van der Waals surface area contributed by atoms with Crippen LogP contribution in [-0.2, 0) is 25.6 Å². The van der Waals surface area contributed by atoms with Gasteiger partial charge in [-0.25, -0.2) is 9.59 Å². The number of ether oxygens (including phenoxy) is 3. The molecule has 2 N–H and O–H groups in total. The highest BCUT2D eigenvalue weighted by molar-refractivity contribution is 5.68. The van der Waals surface area contributed by atoms with Crippen molar-refractivity contribution in [2.24, 2.45) is 0 Å². The first-order valence-corrected chi connectivity index (χ1v) is 6.46. The van der Waals surface area contributed by atoms with Crippen LogP contribution in [0.25, 0.3) is 0 Å². The normalized spacial score (nSPS) is 11.7. The Morgan fingerprint density at radius 1 is 1.24 bits per heavy atom. The number of benzene rings is 1. The van der Waals surface area contributed by atoms with E-state index in [1.165, 1.54) is 0 Å². The molecule has 0 saturated heterocycles. The fourth-order valence-corrected chi connectivity index (χ4v) is 1.42. The molecule has 0 spiro atoms. The molecule has 1 rings (SSSR count). The molecule has 1 atom stereocenters. The quantitative estimate of drug-likeness (QED) is 0.528. The number of alkyl carbamates (subject to hydrolysis) is 1. The lowest BCUT2D eigenvalue weighted by atomic mass is 10.2. The van der Waals surface area contributed by atoms with E-state index >= 15 is 0 Å². The molecule has 7 heteroatoms. The summed E-state index contributed by atoms with van der Waals surface area (Å²) in [7, 11) is 0. The molecule has 0 aliphatic carbocycles. The molecule has 0 fully saturated rings. The van der Waals surface area contributed by atoms with Crippen molar-refractivity contribution < 1.29 is 28.9 Å². The molecule has 1 aromatic rings. The lowest BCUT2D eigenvalue weighted by Gasteiger charge is -2.14. The van der Waals surface area contributed by atoms with Crippen molar-refractivity contribution in [2.45, 2.75) is 19.8 Å². The first-order valence-electron chi connectivity index (χ1n) is 6.46. The van der Waals surface area contributed by atoms with Gasteiger partial charge in [-0.3, -0.25) is 5.32 Å². The lowest BCUT2D eigenvalue weighted by Crippen LogP contribution is -2.35. The zero-order chi connectivity index (χ0) is 15.5. The van der Waals surface area contributed by atoms with Gasteiger partial charge in [0.05, 0.1) is 13.2 Å². The third-order valence-electron chi connectivity index (χ3n) is 2.35. The smallest absolute Gasteiger partial charge is 0.409 e. The van der Waals surface area contributed by atoms with Crippen LogP contribution in [0, 0.1) is 0 Å². The molecule has 0 aromatic heterocycles. The second-order valence-corrected chi connectivity index (χ2v) is 4.17. The van der Waals surface area contributed by atoms with Crippen molar-refractivity contribution in [3.8, 4) is 0 Å². The monoisotopic (exact) mass is 297 g/mol. The predicted octanol–water partition coefficient (Wildman–Crippen LogP) is 1.38. The van der Waals surface area contributed by atoms with E-state index in [0.717, 1.165) is 5.56 Å². The molecule has 1 aromatic carbocycles. The summed E-state index contributed by atoms with van der Waals surface area (Å²) in [6.45, 7) is 1.76. The number of carboxylic acids is 1. The third kappa shape index (κ3) is 8.61. The molecular formula is C14H19NO6. The van der Waals surface area contributed by atoms with Gasteiger partial charge in [-0.05, 0) is 12.5 Å². The number of rotatable bonds is 9. The maximum atomic E-state index is 11.5. The number of carbonyl (C=O) groups is 2. The van der Waals surface area contributed by atoms with Gasteiger partial charge in [-0.2, -0.15) is 0 Å². The van der Waals surface area contributed by atoms with Crippen molar-refractivity contribution in [1.82, 2.24) is 5.32 Å². The van der Waals surface area contributed by atoms with Gasteiger partial charge in [0.1, 0.15) is 19.4 Å². The topological polar surface area (TPSA) is 94.1 Å². The van der Waals surface area contributed by atoms with Crippen LogP contribution in [0.5, 0.6) is 0 Å². The molecule has 0 heterocycles. The Morgan fingerprint density at radius 2 is 1.95 bits per heavy atom. The van der Waals surface area contributed by atoms with E-state index in [-0.39, 0.29) is 26.4 Å². The van der Waals surface area contributed by atoms with Crippen molar-refractivity contribution in [3.05, 3.63) is 35.9 Å². The molecule has 0 aliphatic heterocycles. The number of hydrogen-bond donors (Lipinski definition) is 2. The Bertz CT molecular complexity index is 436.